The van der Waals surface area contributed by atoms with Gasteiger partial charge in [-0.05, 0) is 56.1 Å². The minimum Gasteiger partial charge on any atom is -0.354 e. The zero-order valence-corrected chi connectivity index (χ0v) is 15.3. The summed E-state index contributed by atoms with van der Waals surface area (Å²) >= 11 is 0. The predicted molar refractivity (Wildman–Crippen MR) is 99.6 cm³/mol. The van der Waals surface area contributed by atoms with Gasteiger partial charge in [0.25, 0.3) is 0 Å². The van der Waals surface area contributed by atoms with Crippen LogP contribution in [-0.2, 0) is 10.2 Å². The van der Waals surface area contributed by atoms with Gasteiger partial charge in [0.2, 0.25) is 5.91 Å². The first-order valence-corrected chi connectivity index (χ1v) is 9.28. The fourth-order valence-electron chi connectivity index (χ4n) is 4.76. The number of hydrogen-bond acceptors (Lipinski definition) is 2. The zero-order chi connectivity index (χ0) is 15.9. The third-order valence-corrected chi connectivity index (χ3v) is 6.35. The Morgan fingerprint density at radius 2 is 2.00 bits per heavy atom. The maximum Gasteiger partial charge on any atom is 0.237 e. The maximum absolute atomic E-state index is 12.6. The second kappa shape index (κ2) is 7.05. The molecule has 1 aromatic rings. The Labute approximate surface area is 151 Å². The van der Waals surface area contributed by atoms with Crippen LogP contribution < -0.4 is 10.6 Å². The van der Waals surface area contributed by atoms with Crippen molar-refractivity contribution in [1.82, 2.24) is 10.6 Å². The van der Waals surface area contributed by atoms with Crippen molar-refractivity contribution in [2.45, 2.75) is 69.4 Å². The van der Waals surface area contributed by atoms with Crippen LogP contribution in [-0.4, -0.2) is 24.5 Å². The van der Waals surface area contributed by atoms with Gasteiger partial charge in [0.15, 0.2) is 0 Å². The maximum atomic E-state index is 12.6. The fourth-order valence-corrected chi connectivity index (χ4v) is 4.76. The number of carbonyl (C=O) groups excluding carboxylic acids is 1. The Hall–Kier alpha value is -1.06. The molecule has 2 saturated carbocycles. The highest BCUT2D eigenvalue weighted by Gasteiger charge is 2.46. The van der Waals surface area contributed by atoms with Crippen molar-refractivity contribution in [3.05, 3.63) is 35.4 Å². The van der Waals surface area contributed by atoms with Crippen molar-refractivity contribution in [2.75, 3.05) is 6.54 Å². The van der Waals surface area contributed by atoms with E-state index in [-0.39, 0.29) is 29.8 Å². The van der Waals surface area contributed by atoms with Crippen LogP contribution >= 0.6 is 12.4 Å². The molecule has 0 spiro atoms. The normalized spacial score (nSPS) is 30.1. The molecule has 4 rings (SSSR count). The van der Waals surface area contributed by atoms with E-state index in [2.05, 4.69) is 41.8 Å². The highest BCUT2D eigenvalue weighted by molar-refractivity contribution is 5.85. The summed E-state index contributed by atoms with van der Waals surface area (Å²) in [6.07, 6.45) is 8.64. The lowest BCUT2D eigenvalue weighted by Crippen LogP contribution is -2.45. The quantitative estimate of drug-likeness (QED) is 0.874. The van der Waals surface area contributed by atoms with E-state index in [0.29, 0.717) is 6.04 Å². The summed E-state index contributed by atoms with van der Waals surface area (Å²) in [4.78, 5) is 12.6. The van der Waals surface area contributed by atoms with Gasteiger partial charge in [-0.3, -0.25) is 4.79 Å². The molecular weight excluding hydrogens is 320 g/mol. The standard InChI is InChI=1S/C20H28N2O.ClH/c1-14-6-2-4-8-16(14)20(10-11-20)13-21-19(23)18-12-15-7-3-5-9-17(15)22-18;/h2,4,6,8,15,17-18,22H,3,5,7,9-13H2,1H3,(H,21,23);1H. The van der Waals surface area contributed by atoms with Crippen molar-refractivity contribution < 1.29 is 4.79 Å². The number of fused-ring (bicyclic) bond motifs is 1. The average Bonchev–Trinajstić information content (AvgIpc) is 3.22. The van der Waals surface area contributed by atoms with Gasteiger partial charge >= 0.3 is 0 Å². The SMILES string of the molecule is Cc1ccccc1C1(CNC(=O)C2CC3CCCCC3N2)CC1.Cl. The van der Waals surface area contributed by atoms with Crippen molar-refractivity contribution >= 4 is 18.3 Å². The Morgan fingerprint density at radius 1 is 1.25 bits per heavy atom. The Bertz CT molecular complexity index is 585. The summed E-state index contributed by atoms with van der Waals surface area (Å²) in [5, 5.41) is 6.85. The van der Waals surface area contributed by atoms with Crippen molar-refractivity contribution in [2.24, 2.45) is 5.92 Å². The van der Waals surface area contributed by atoms with Gasteiger partial charge in [-0.25, -0.2) is 0 Å². The van der Waals surface area contributed by atoms with Gasteiger partial charge < -0.3 is 10.6 Å². The Kier molecular flexibility index (Phi) is 5.22. The third-order valence-electron chi connectivity index (χ3n) is 6.35. The molecule has 0 radical (unpaired) electrons. The number of aryl methyl sites for hydroxylation is 1. The molecule has 2 N–H and O–H groups in total. The Morgan fingerprint density at radius 3 is 2.71 bits per heavy atom. The van der Waals surface area contributed by atoms with E-state index >= 15 is 0 Å². The largest absolute Gasteiger partial charge is 0.354 e. The molecule has 1 saturated heterocycles. The van der Waals surface area contributed by atoms with Gasteiger partial charge in [-0.2, -0.15) is 0 Å². The van der Waals surface area contributed by atoms with Crippen LogP contribution in [0, 0.1) is 12.8 Å². The first-order valence-electron chi connectivity index (χ1n) is 9.28. The number of amides is 1. The first-order chi connectivity index (χ1) is 11.2. The van der Waals surface area contributed by atoms with Crippen molar-refractivity contribution in [3.8, 4) is 0 Å². The summed E-state index contributed by atoms with van der Waals surface area (Å²) in [6, 6.07) is 9.25. The molecule has 1 amide bonds. The highest BCUT2D eigenvalue weighted by atomic mass is 35.5. The molecule has 3 aliphatic rings. The molecule has 1 heterocycles. The van der Waals surface area contributed by atoms with E-state index in [1.165, 1.54) is 49.7 Å². The van der Waals surface area contributed by atoms with Gasteiger partial charge in [0, 0.05) is 18.0 Å². The van der Waals surface area contributed by atoms with Crippen LogP contribution in [0.4, 0.5) is 0 Å². The molecular formula is C20H29ClN2O. The van der Waals surface area contributed by atoms with Crippen LogP contribution in [0.3, 0.4) is 0 Å². The summed E-state index contributed by atoms with van der Waals surface area (Å²) in [5.74, 6) is 0.949. The van der Waals surface area contributed by atoms with E-state index in [4.69, 9.17) is 0 Å². The first kappa shape index (κ1) is 17.8. The average molecular weight is 349 g/mol. The molecule has 3 fully saturated rings. The minimum absolute atomic E-state index is 0. The monoisotopic (exact) mass is 348 g/mol. The smallest absolute Gasteiger partial charge is 0.237 e. The molecule has 0 aromatic heterocycles. The topological polar surface area (TPSA) is 41.1 Å². The summed E-state index contributed by atoms with van der Waals surface area (Å²) < 4.78 is 0. The molecule has 2 aliphatic carbocycles. The van der Waals surface area contributed by atoms with Crippen LogP contribution in [0.15, 0.2) is 24.3 Å². The van der Waals surface area contributed by atoms with Gasteiger partial charge in [-0.1, -0.05) is 37.1 Å². The Balaban J connectivity index is 0.00000169. The molecule has 1 aromatic carbocycles. The lowest BCUT2D eigenvalue weighted by molar-refractivity contribution is -0.123. The number of benzene rings is 1. The van der Waals surface area contributed by atoms with E-state index < -0.39 is 0 Å². The van der Waals surface area contributed by atoms with Gasteiger partial charge in [0.05, 0.1) is 6.04 Å². The molecule has 3 unspecified atom stereocenters. The minimum atomic E-state index is 0. The van der Waals surface area contributed by atoms with Gasteiger partial charge in [-0.15, -0.1) is 12.4 Å². The van der Waals surface area contributed by atoms with Crippen LogP contribution in [0.2, 0.25) is 0 Å². The van der Waals surface area contributed by atoms with Crippen LogP contribution in [0.25, 0.3) is 0 Å². The van der Waals surface area contributed by atoms with Crippen LogP contribution in [0.1, 0.15) is 56.1 Å². The lowest BCUT2D eigenvalue weighted by atomic mass is 9.85. The number of nitrogens with one attached hydrogen (secondary N) is 2. The number of carbonyl (C=O) groups is 1. The zero-order valence-electron chi connectivity index (χ0n) is 14.5. The molecule has 0 bridgehead atoms. The van der Waals surface area contributed by atoms with Crippen LogP contribution in [0.5, 0.6) is 0 Å². The fraction of sp³-hybridized carbons (Fsp3) is 0.650. The second-order valence-corrected chi connectivity index (χ2v) is 7.92. The highest BCUT2D eigenvalue weighted by Crippen LogP contribution is 2.48. The molecule has 1 aliphatic heterocycles. The van der Waals surface area contributed by atoms with E-state index in [0.717, 1.165) is 18.9 Å². The predicted octanol–water partition coefficient (Wildman–Crippen LogP) is 3.49. The number of halogens is 1. The second-order valence-electron chi connectivity index (χ2n) is 7.92. The lowest BCUT2D eigenvalue weighted by Gasteiger charge is -2.24. The molecule has 3 nitrogen and oxygen atoms in total. The van der Waals surface area contributed by atoms with Crippen molar-refractivity contribution in [3.63, 3.8) is 0 Å². The van der Waals surface area contributed by atoms with E-state index in [1.807, 2.05) is 0 Å². The van der Waals surface area contributed by atoms with E-state index in [1.54, 1.807) is 0 Å². The summed E-state index contributed by atoms with van der Waals surface area (Å²) in [5.41, 5.74) is 2.98. The van der Waals surface area contributed by atoms with Gasteiger partial charge in [0.1, 0.15) is 0 Å². The number of hydrogen-bond donors (Lipinski definition) is 2. The summed E-state index contributed by atoms with van der Waals surface area (Å²) in [6.45, 7) is 2.98. The molecule has 3 atom stereocenters. The van der Waals surface area contributed by atoms with E-state index in [9.17, 15) is 4.79 Å². The molecule has 4 heteroatoms. The molecule has 24 heavy (non-hydrogen) atoms. The summed E-state index contributed by atoms with van der Waals surface area (Å²) in [7, 11) is 0. The van der Waals surface area contributed by atoms with Crippen molar-refractivity contribution in [1.29, 1.82) is 0 Å². The molecule has 132 valence electrons. The third kappa shape index (κ3) is 3.34. The number of rotatable bonds is 4.